The Balaban J connectivity index is 2.86. The third-order valence-electron chi connectivity index (χ3n) is 2.69. The van der Waals surface area contributed by atoms with Gasteiger partial charge in [0.25, 0.3) is 0 Å². The molecule has 0 saturated carbocycles. The lowest BCUT2D eigenvalue weighted by atomic mass is 9.95. The van der Waals surface area contributed by atoms with Gasteiger partial charge in [-0.3, -0.25) is 4.79 Å². The Morgan fingerprint density at radius 1 is 1.22 bits per heavy atom. The maximum Gasteiger partial charge on any atom is 0.303 e. The fourth-order valence-electron chi connectivity index (χ4n) is 1.66. The largest absolute Gasteiger partial charge is 0.481 e. The number of aliphatic carboxylic acids is 1. The van der Waals surface area contributed by atoms with Gasteiger partial charge in [0.15, 0.2) is 0 Å². The summed E-state index contributed by atoms with van der Waals surface area (Å²) in [5.74, 6) is -0.732. The first kappa shape index (κ1) is 15.9. The maximum atomic E-state index is 10.5. The highest BCUT2D eigenvalue weighted by molar-refractivity contribution is 6.52. The van der Waals surface area contributed by atoms with Crippen LogP contribution in [-0.4, -0.2) is 11.1 Å². The second-order valence-corrected chi connectivity index (χ2v) is 5.62. The van der Waals surface area contributed by atoms with Crippen molar-refractivity contribution in [1.82, 2.24) is 0 Å². The summed E-state index contributed by atoms with van der Waals surface area (Å²) in [5.41, 5.74) is 0.793. The first-order chi connectivity index (χ1) is 8.34. The minimum absolute atomic E-state index is 0.0733. The standard InChI is InChI=1S/C12H12Cl4O2/c1-6(3-2-4-9(17)18)7-5-8(13)11(15)12(16)10(7)14/h5-6H,2-4H2,1H3,(H,17,18). The van der Waals surface area contributed by atoms with Gasteiger partial charge in [-0.05, 0) is 30.4 Å². The zero-order valence-corrected chi connectivity index (χ0v) is 12.7. The van der Waals surface area contributed by atoms with E-state index in [0.717, 1.165) is 5.56 Å². The number of hydrogen-bond acceptors (Lipinski definition) is 1. The molecule has 1 aromatic rings. The van der Waals surface area contributed by atoms with Crippen molar-refractivity contribution < 1.29 is 9.90 Å². The van der Waals surface area contributed by atoms with Crippen LogP contribution in [0.1, 0.15) is 37.7 Å². The van der Waals surface area contributed by atoms with Crippen molar-refractivity contribution in [2.45, 2.75) is 32.1 Å². The third-order valence-corrected chi connectivity index (χ3v) is 4.46. The van der Waals surface area contributed by atoms with Crippen molar-refractivity contribution in [3.05, 3.63) is 31.7 Å². The highest BCUT2D eigenvalue weighted by Gasteiger charge is 2.17. The van der Waals surface area contributed by atoms with E-state index in [1.54, 1.807) is 6.07 Å². The normalized spacial score (nSPS) is 12.5. The Kier molecular flexibility index (Phi) is 6.06. The lowest BCUT2D eigenvalue weighted by Gasteiger charge is -2.15. The molecular weight excluding hydrogens is 318 g/mol. The second kappa shape index (κ2) is 6.85. The highest BCUT2D eigenvalue weighted by Crippen LogP contribution is 2.41. The SMILES string of the molecule is CC(CCCC(=O)O)c1cc(Cl)c(Cl)c(Cl)c1Cl. The van der Waals surface area contributed by atoms with Crippen LogP contribution < -0.4 is 0 Å². The van der Waals surface area contributed by atoms with E-state index in [1.165, 1.54) is 0 Å². The lowest BCUT2D eigenvalue weighted by molar-refractivity contribution is -0.137. The minimum atomic E-state index is -0.805. The van der Waals surface area contributed by atoms with Gasteiger partial charge in [-0.15, -0.1) is 0 Å². The third kappa shape index (κ3) is 3.92. The van der Waals surface area contributed by atoms with E-state index in [1.807, 2.05) is 6.92 Å². The Bertz CT molecular complexity index is 460. The summed E-state index contributed by atoms with van der Waals surface area (Å²) < 4.78 is 0. The monoisotopic (exact) mass is 328 g/mol. The van der Waals surface area contributed by atoms with Gasteiger partial charge in [-0.1, -0.05) is 53.3 Å². The number of rotatable bonds is 5. The zero-order chi connectivity index (χ0) is 13.9. The number of hydrogen-bond donors (Lipinski definition) is 1. The number of carbonyl (C=O) groups is 1. The molecule has 1 rings (SSSR count). The Morgan fingerprint density at radius 2 is 1.83 bits per heavy atom. The number of benzene rings is 1. The van der Waals surface area contributed by atoms with Crippen LogP contribution in [0.25, 0.3) is 0 Å². The topological polar surface area (TPSA) is 37.3 Å². The van der Waals surface area contributed by atoms with Crippen LogP contribution >= 0.6 is 46.4 Å². The van der Waals surface area contributed by atoms with Crippen LogP contribution in [0.3, 0.4) is 0 Å². The summed E-state index contributed by atoms with van der Waals surface area (Å²) in [6, 6.07) is 1.68. The Morgan fingerprint density at radius 3 is 2.39 bits per heavy atom. The smallest absolute Gasteiger partial charge is 0.303 e. The molecule has 1 aromatic carbocycles. The molecule has 0 aliphatic heterocycles. The van der Waals surface area contributed by atoms with E-state index in [2.05, 4.69) is 0 Å². The molecule has 0 amide bonds. The van der Waals surface area contributed by atoms with Crippen LogP contribution in [-0.2, 0) is 4.79 Å². The van der Waals surface area contributed by atoms with Crippen LogP contribution in [0, 0.1) is 0 Å². The average Bonchev–Trinajstić information content (AvgIpc) is 2.30. The van der Waals surface area contributed by atoms with Gasteiger partial charge in [0.1, 0.15) is 0 Å². The molecule has 0 aromatic heterocycles. The molecule has 0 fully saturated rings. The first-order valence-corrected chi connectivity index (χ1v) is 6.90. The van der Waals surface area contributed by atoms with Crippen LogP contribution in [0.15, 0.2) is 6.07 Å². The quantitative estimate of drug-likeness (QED) is 0.559. The molecule has 0 saturated heterocycles. The summed E-state index contributed by atoms with van der Waals surface area (Å²) in [7, 11) is 0. The predicted octanol–water partition coefficient (Wildman–Crippen LogP) is 5.66. The molecule has 1 unspecified atom stereocenters. The summed E-state index contributed by atoms with van der Waals surface area (Å²) in [4.78, 5) is 10.5. The van der Waals surface area contributed by atoms with Gasteiger partial charge < -0.3 is 5.11 Å². The number of carboxylic acid groups (broad SMARTS) is 1. The molecule has 6 heteroatoms. The summed E-state index contributed by atoms with van der Waals surface area (Å²) in [6.45, 7) is 1.95. The number of carboxylic acids is 1. The van der Waals surface area contributed by atoms with Crippen molar-refractivity contribution in [2.75, 3.05) is 0 Å². The molecular formula is C12H12Cl4O2. The maximum absolute atomic E-state index is 10.5. The fourth-order valence-corrected chi connectivity index (χ4v) is 2.67. The molecule has 18 heavy (non-hydrogen) atoms. The van der Waals surface area contributed by atoms with E-state index in [0.29, 0.717) is 22.9 Å². The van der Waals surface area contributed by atoms with Gasteiger partial charge in [0, 0.05) is 6.42 Å². The molecule has 0 radical (unpaired) electrons. The van der Waals surface area contributed by atoms with Crippen molar-refractivity contribution in [3.63, 3.8) is 0 Å². The molecule has 0 spiro atoms. The van der Waals surface area contributed by atoms with Crippen molar-refractivity contribution in [1.29, 1.82) is 0 Å². The van der Waals surface area contributed by atoms with E-state index in [9.17, 15) is 4.79 Å². The molecule has 0 heterocycles. The van der Waals surface area contributed by atoms with E-state index in [-0.39, 0.29) is 22.4 Å². The molecule has 2 nitrogen and oxygen atoms in total. The zero-order valence-electron chi connectivity index (χ0n) is 9.64. The summed E-state index contributed by atoms with van der Waals surface area (Å²) >= 11 is 23.9. The highest BCUT2D eigenvalue weighted by atomic mass is 35.5. The first-order valence-electron chi connectivity index (χ1n) is 5.39. The van der Waals surface area contributed by atoms with Crippen LogP contribution in [0.5, 0.6) is 0 Å². The van der Waals surface area contributed by atoms with Crippen molar-refractivity contribution in [3.8, 4) is 0 Å². The molecule has 100 valence electrons. The van der Waals surface area contributed by atoms with Gasteiger partial charge in [-0.25, -0.2) is 0 Å². The van der Waals surface area contributed by atoms with Gasteiger partial charge in [0.05, 0.1) is 20.1 Å². The molecule has 0 bridgehead atoms. The van der Waals surface area contributed by atoms with Gasteiger partial charge in [0.2, 0.25) is 0 Å². The van der Waals surface area contributed by atoms with Gasteiger partial charge in [-0.2, -0.15) is 0 Å². The fraction of sp³-hybridized carbons (Fsp3) is 0.417. The summed E-state index contributed by atoms with van der Waals surface area (Å²) in [5, 5.41) is 9.81. The molecule has 0 aliphatic carbocycles. The molecule has 0 aliphatic rings. The van der Waals surface area contributed by atoms with Crippen molar-refractivity contribution in [2.24, 2.45) is 0 Å². The van der Waals surface area contributed by atoms with Crippen LogP contribution in [0.2, 0.25) is 20.1 Å². The van der Waals surface area contributed by atoms with E-state index >= 15 is 0 Å². The van der Waals surface area contributed by atoms with E-state index in [4.69, 9.17) is 51.5 Å². The minimum Gasteiger partial charge on any atom is -0.481 e. The Labute approximate surface area is 126 Å². The predicted molar refractivity (Wildman–Crippen MR) is 76.4 cm³/mol. The molecule has 1 atom stereocenters. The van der Waals surface area contributed by atoms with E-state index < -0.39 is 5.97 Å². The molecule has 1 N–H and O–H groups in total. The number of halogens is 4. The Hall–Kier alpha value is -0.150. The van der Waals surface area contributed by atoms with Crippen LogP contribution in [0.4, 0.5) is 0 Å². The average molecular weight is 330 g/mol. The van der Waals surface area contributed by atoms with Gasteiger partial charge >= 0.3 is 5.97 Å². The second-order valence-electron chi connectivity index (χ2n) is 4.08. The summed E-state index contributed by atoms with van der Waals surface area (Å²) in [6.07, 6.45) is 1.40. The lowest BCUT2D eigenvalue weighted by Crippen LogP contribution is -1.99. The van der Waals surface area contributed by atoms with Crippen molar-refractivity contribution >= 4 is 52.4 Å².